The molecule has 0 spiro atoms. The van der Waals surface area contributed by atoms with Gasteiger partial charge in [0.2, 0.25) is 0 Å². The molecule has 0 aliphatic heterocycles. The molecule has 3 aromatic rings. The van der Waals surface area contributed by atoms with Gasteiger partial charge < -0.3 is 10.2 Å². The highest BCUT2D eigenvalue weighted by Crippen LogP contribution is 2.26. The summed E-state index contributed by atoms with van der Waals surface area (Å²) in [4.78, 5) is 0. The van der Waals surface area contributed by atoms with Crippen LogP contribution in [-0.2, 0) is 6.42 Å². The molecule has 3 rings (SSSR count). The number of furan rings is 1. The van der Waals surface area contributed by atoms with Crippen LogP contribution in [-0.4, -0.2) is 0 Å². The molecule has 0 aliphatic carbocycles. The lowest BCUT2D eigenvalue weighted by Crippen LogP contribution is -2.10. The van der Waals surface area contributed by atoms with Crippen molar-refractivity contribution >= 4 is 11.0 Å². The minimum absolute atomic E-state index is 0.0580. The molecule has 0 radical (unpaired) electrons. The van der Waals surface area contributed by atoms with Crippen LogP contribution in [0.3, 0.4) is 0 Å². The second kappa shape index (κ2) is 5.74. The molecule has 0 fully saturated rings. The first-order chi connectivity index (χ1) is 10.1. The second-order valence-corrected chi connectivity index (χ2v) is 5.76. The number of benzene rings is 2. The first-order valence-electron chi connectivity index (χ1n) is 7.43. The van der Waals surface area contributed by atoms with Crippen molar-refractivity contribution in [1.29, 1.82) is 0 Å². The molecule has 1 aromatic heterocycles. The van der Waals surface area contributed by atoms with Crippen LogP contribution in [0.1, 0.15) is 34.9 Å². The average Bonchev–Trinajstić information content (AvgIpc) is 2.89. The van der Waals surface area contributed by atoms with Gasteiger partial charge in [-0.1, -0.05) is 35.9 Å². The van der Waals surface area contributed by atoms with Gasteiger partial charge in [0.05, 0.1) is 6.04 Å². The molecule has 0 aliphatic rings. The molecule has 2 nitrogen and oxygen atoms in total. The Kier molecular flexibility index (Phi) is 3.80. The summed E-state index contributed by atoms with van der Waals surface area (Å²) in [6.45, 7) is 4.23. The van der Waals surface area contributed by atoms with Gasteiger partial charge >= 0.3 is 0 Å². The van der Waals surface area contributed by atoms with E-state index >= 15 is 0 Å². The maximum Gasteiger partial charge on any atom is 0.134 e. The summed E-state index contributed by atoms with van der Waals surface area (Å²) in [7, 11) is 0. The SMILES string of the molecule is Cc1ccc2oc(C(N)CCc3ccccc3C)cc2c1. The lowest BCUT2D eigenvalue weighted by Gasteiger charge is -2.10. The zero-order chi connectivity index (χ0) is 14.8. The van der Waals surface area contributed by atoms with E-state index in [9.17, 15) is 0 Å². The zero-order valence-electron chi connectivity index (χ0n) is 12.6. The lowest BCUT2D eigenvalue weighted by molar-refractivity contribution is 0.478. The van der Waals surface area contributed by atoms with Gasteiger partial charge in [-0.05, 0) is 56.0 Å². The van der Waals surface area contributed by atoms with Crippen LogP contribution in [0, 0.1) is 13.8 Å². The Labute approximate surface area is 125 Å². The van der Waals surface area contributed by atoms with Crippen molar-refractivity contribution in [3.63, 3.8) is 0 Å². The van der Waals surface area contributed by atoms with E-state index in [-0.39, 0.29) is 6.04 Å². The van der Waals surface area contributed by atoms with Crippen molar-refractivity contribution in [3.05, 3.63) is 71.0 Å². The third kappa shape index (κ3) is 3.01. The van der Waals surface area contributed by atoms with E-state index in [0.29, 0.717) is 0 Å². The van der Waals surface area contributed by atoms with E-state index in [1.807, 2.05) is 6.07 Å². The van der Waals surface area contributed by atoms with Crippen LogP contribution in [0.5, 0.6) is 0 Å². The average molecular weight is 279 g/mol. The standard InChI is InChI=1S/C19H21NO/c1-13-7-10-18-16(11-13)12-19(21-18)17(20)9-8-15-6-4-3-5-14(15)2/h3-7,10-12,17H,8-9,20H2,1-2H3. The van der Waals surface area contributed by atoms with Crippen molar-refractivity contribution in [2.24, 2.45) is 5.73 Å². The monoisotopic (exact) mass is 279 g/mol. The van der Waals surface area contributed by atoms with Gasteiger partial charge in [0.1, 0.15) is 11.3 Å². The fourth-order valence-corrected chi connectivity index (χ4v) is 2.71. The van der Waals surface area contributed by atoms with Crippen LogP contribution in [0.4, 0.5) is 0 Å². The number of rotatable bonds is 4. The van der Waals surface area contributed by atoms with Crippen LogP contribution >= 0.6 is 0 Å². The molecule has 0 amide bonds. The molecule has 2 heteroatoms. The third-order valence-electron chi connectivity index (χ3n) is 4.04. The molecule has 1 unspecified atom stereocenters. The number of hydrogen-bond acceptors (Lipinski definition) is 2. The minimum Gasteiger partial charge on any atom is -0.459 e. The molecule has 21 heavy (non-hydrogen) atoms. The first-order valence-corrected chi connectivity index (χ1v) is 7.43. The summed E-state index contributed by atoms with van der Waals surface area (Å²) in [5.74, 6) is 0.879. The van der Waals surface area contributed by atoms with Crippen molar-refractivity contribution in [2.45, 2.75) is 32.7 Å². The Balaban J connectivity index is 1.75. The normalized spacial score (nSPS) is 12.7. The van der Waals surface area contributed by atoms with Crippen LogP contribution < -0.4 is 5.73 Å². The van der Waals surface area contributed by atoms with E-state index in [2.05, 4.69) is 56.3 Å². The van der Waals surface area contributed by atoms with Gasteiger partial charge in [0, 0.05) is 5.39 Å². The topological polar surface area (TPSA) is 39.2 Å². The molecule has 108 valence electrons. The molecule has 0 bridgehead atoms. The van der Waals surface area contributed by atoms with Crippen molar-refractivity contribution in [2.75, 3.05) is 0 Å². The summed E-state index contributed by atoms with van der Waals surface area (Å²) < 4.78 is 5.88. The van der Waals surface area contributed by atoms with E-state index in [0.717, 1.165) is 29.6 Å². The summed E-state index contributed by atoms with van der Waals surface area (Å²) >= 11 is 0. The largest absolute Gasteiger partial charge is 0.459 e. The fourth-order valence-electron chi connectivity index (χ4n) is 2.71. The molecular weight excluding hydrogens is 258 g/mol. The van der Waals surface area contributed by atoms with Crippen LogP contribution in [0.25, 0.3) is 11.0 Å². The van der Waals surface area contributed by atoms with Gasteiger partial charge in [0.25, 0.3) is 0 Å². The summed E-state index contributed by atoms with van der Waals surface area (Å²) in [5.41, 5.74) is 11.1. The molecule has 1 heterocycles. The molecular formula is C19H21NO. The van der Waals surface area contributed by atoms with E-state index < -0.39 is 0 Å². The fraction of sp³-hybridized carbons (Fsp3) is 0.263. The highest BCUT2D eigenvalue weighted by Gasteiger charge is 2.12. The highest BCUT2D eigenvalue weighted by molar-refractivity contribution is 5.78. The van der Waals surface area contributed by atoms with Gasteiger partial charge in [-0.15, -0.1) is 0 Å². The van der Waals surface area contributed by atoms with Gasteiger partial charge in [-0.2, -0.15) is 0 Å². The van der Waals surface area contributed by atoms with E-state index in [1.54, 1.807) is 0 Å². The highest BCUT2D eigenvalue weighted by atomic mass is 16.3. The number of hydrogen-bond donors (Lipinski definition) is 1. The molecule has 2 aromatic carbocycles. The predicted octanol–water partition coefficient (Wildman–Crippen LogP) is 4.68. The van der Waals surface area contributed by atoms with E-state index in [1.165, 1.54) is 16.7 Å². The molecule has 0 saturated heterocycles. The van der Waals surface area contributed by atoms with Gasteiger partial charge in [-0.25, -0.2) is 0 Å². The predicted molar refractivity (Wildman–Crippen MR) is 87.4 cm³/mol. The summed E-state index contributed by atoms with van der Waals surface area (Å²) in [6.07, 6.45) is 1.87. The van der Waals surface area contributed by atoms with Crippen LogP contribution in [0.15, 0.2) is 52.9 Å². The lowest BCUT2D eigenvalue weighted by atomic mass is 10.0. The Morgan fingerprint density at radius 2 is 1.86 bits per heavy atom. The maximum absolute atomic E-state index is 6.30. The Morgan fingerprint density at radius 1 is 1.05 bits per heavy atom. The summed E-state index contributed by atoms with van der Waals surface area (Å²) in [5, 5.41) is 1.14. The van der Waals surface area contributed by atoms with E-state index in [4.69, 9.17) is 10.2 Å². The maximum atomic E-state index is 6.30. The van der Waals surface area contributed by atoms with Crippen molar-refractivity contribution < 1.29 is 4.42 Å². The van der Waals surface area contributed by atoms with Gasteiger partial charge in [0.15, 0.2) is 0 Å². The third-order valence-corrected chi connectivity index (χ3v) is 4.04. The Morgan fingerprint density at radius 3 is 2.67 bits per heavy atom. The van der Waals surface area contributed by atoms with Crippen molar-refractivity contribution in [1.82, 2.24) is 0 Å². The Bertz CT molecular complexity index is 757. The quantitative estimate of drug-likeness (QED) is 0.753. The van der Waals surface area contributed by atoms with Gasteiger partial charge in [-0.3, -0.25) is 0 Å². The molecule has 2 N–H and O–H groups in total. The zero-order valence-corrected chi connectivity index (χ0v) is 12.6. The smallest absolute Gasteiger partial charge is 0.134 e. The number of nitrogens with two attached hydrogens (primary N) is 1. The minimum atomic E-state index is -0.0580. The molecule has 1 atom stereocenters. The van der Waals surface area contributed by atoms with Crippen LogP contribution in [0.2, 0.25) is 0 Å². The summed E-state index contributed by atoms with van der Waals surface area (Å²) in [6, 6.07) is 16.7. The Hall–Kier alpha value is -2.06. The first kappa shape index (κ1) is 13.9. The number of aryl methyl sites for hydroxylation is 3. The number of fused-ring (bicyclic) bond motifs is 1. The second-order valence-electron chi connectivity index (χ2n) is 5.76. The molecule has 0 saturated carbocycles. The van der Waals surface area contributed by atoms with Crippen molar-refractivity contribution in [3.8, 4) is 0 Å².